The van der Waals surface area contributed by atoms with Crippen molar-refractivity contribution in [3.63, 3.8) is 0 Å². The first-order chi connectivity index (χ1) is 7.31. The van der Waals surface area contributed by atoms with Gasteiger partial charge in [-0.25, -0.2) is 4.68 Å². The van der Waals surface area contributed by atoms with Crippen molar-refractivity contribution in [3.8, 4) is 11.5 Å². The monoisotopic (exact) mass is 207 g/mol. The number of hydrogen-bond acceptors (Lipinski definition) is 5. The minimum atomic E-state index is 0.627. The average Bonchev–Trinajstić information content (AvgIpc) is 2.82. The molecule has 0 unspecified atom stereocenters. The number of tetrazole rings is 1. The van der Waals surface area contributed by atoms with E-state index >= 15 is 0 Å². The molecule has 0 radical (unpaired) electrons. The van der Waals surface area contributed by atoms with Crippen LogP contribution < -0.4 is 5.73 Å². The summed E-state index contributed by atoms with van der Waals surface area (Å²) in [6, 6.07) is 1.88. The van der Waals surface area contributed by atoms with Gasteiger partial charge in [0, 0.05) is 19.8 Å². The Balaban J connectivity index is 2.24. The quantitative estimate of drug-likeness (QED) is 0.724. The van der Waals surface area contributed by atoms with Crippen molar-refractivity contribution in [1.29, 1.82) is 0 Å². The summed E-state index contributed by atoms with van der Waals surface area (Å²) < 4.78 is 3.44. The maximum absolute atomic E-state index is 5.44. The van der Waals surface area contributed by atoms with Gasteiger partial charge in [0.15, 0.2) is 0 Å². The summed E-state index contributed by atoms with van der Waals surface area (Å²) in [5.41, 5.74) is 6.21. The Morgan fingerprint density at radius 3 is 3.00 bits per heavy atom. The molecular weight excluding hydrogens is 194 g/mol. The number of nitrogens with two attached hydrogens (primary N) is 1. The molecule has 0 bridgehead atoms. The summed E-state index contributed by atoms with van der Waals surface area (Å²) in [4.78, 5) is 0. The van der Waals surface area contributed by atoms with Crippen LogP contribution in [0, 0.1) is 0 Å². The molecule has 2 N–H and O–H groups in total. The normalized spacial score (nSPS) is 10.8. The van der Waals surface area contributed by atoms with Crippen LogP contribution in [0.3, 0.4) is 0 Å². The number of aryl methyl sites for hydroxylation is 2. The van der Waals surface area contributed by atoms with E-state index in [-0.39, 0.29) is 0 Å². The molecule has 7 heteroatoms. The summed E-state index contributed by atoms with van der Waals surface area (Å²) in [6.07, 6.45) is 2.71. The lowest BCUT2D eigenvalue weighted by molar-refractivity contribution is 0.567. The Kier molecular flexibility index (Phi) is 2.72. The zero-order chi connectivity index (χ0) is 10.7. The lowest BCUT2D eigenvalue weighted by Crippen LogP contribution is -2.08. The Hall–Kier alpha value is -1.76. The van der Waals surface area contributed by atoms with Gasteiger partial charge in [0.2, 0.25) is 5.82 Å². The largest absolute Gasteiger partial charge is 0.330 e. The Morgan fingerprint density at radius 1 is 1.47 bits per heavy atom. The van der Waals surface area contributed by atoms with E-state index in [1.807, 2.05) is 19.3 Å². The van der Waals surface area contributed by atoms with Crippen LogP contribution >= 0.6 is 0 Å². The standard InChI is InChI=1S/C8H13N7/c1-14-6-3-7(11-14)8-10-12-13-15(8)5-2-4-9/h3,6H,2,4-5,9H2,1H3. The molecule has 15 heavy (non-hydrogen) atoms. The first kappa shape index (κ1) is 9.78. The molecule has 7 nitrogen and oxygen atoms in total. The van der Waals surface area contributed by atoms with Gasteiger partial charge >= 0.3 is 0 Å². The topological polar surface area (TPSA) is 87.4 Å². The van der Waals surface area contributed by atoms with E-state index in [1.54, 1.807) is 9.36 Å². The van der Waals surface area contributed by atoms with Crippen LogP contribution in [0.25, 0.3) is 11.5 Å². The van der Waals surface area contributed by atoms with E-state index in [0.717, 1.165) is 18.7 Å². The van der Waals surface area contributed by atoms with Crippen molar-refractivity contribution in [2.45, 2.75) is 13.0 Å². The van der Waals surface area contributed by atoms with Crippen molar-refractivity contribution in [1.82, 2.24) is 30.0 Å². The van der Waals surface area contributed by atoms with E-state index in [2.05, 4.69) is 20.6 Å². The Morgan fingerprint density at radius 2 is 2.33 bits per heavy atom. The fraction of sp³-hybridized carbons (Fsp3) is 0.500. The molecular formula is C8H13N7. The van der Waals surface area contributed by atoms with Crippen molar-refractivity contribution < 1.29 is 0 Å². The van der Waals surface area contributed by atoms with Crippen molar-refractivity contribution >= 4 is 0 Å². The maximum Gasteiger partial charge on any atom is 0.202 e. The van der Waals surface area contributed by atoms with Crippen LogP contribution in [0.15, 0.2) is 12.3 Å². The third-order valence-corrected chi connectivity index (χ3v) is 2.05. The minimum Gasteiger partial charge on any atom is -0.330 e. The highest BCUT2D eigenvalue weighted by Crippen LogP contribution is 2.11. The zero-order valence-electron chi connectivity index (χ0n) is 8.54. The van der Waals surface area contributed by atoms with Crippen LogP contribution in [-0.4, -0.2) is 36.5 Å². The van der Waals surface area contributed by atoms with Crippen LogP contribution in [0.4, 0.5) is 0 Å². The zero-order valence-corrected chi connectivity index (χ0v) is 8.54. The maximum atomic E-state index is 5.44. The van der Waals surface area contributed by atoms with Crippen molar-refractivity contribution in [2.24, 2.45) is 12.8 Å². The van der Waals surface area contributed by atoms with Crippen LogP contribution in [0.2, 0.25) is 0 Å². The fourth-order valence-corrected chi connectivity index (χ4v) is 1.31. The highest BCUT2D eigenvalue weighted by molar-refractivity contribution is 5.46. The van der Waals surface area contributed by atoms with Crippen LogP contribution in [0.1, 0.15) is 6.42 Å². The van der Waals surface area contributed by atoms with E-state index in [9.17, 15) is 0 Å². The molecule has 2 heterocycles. The third kappa shape index (κ3) is 2.01. The summed E-state index contributed by atoms with van der Waals surface area (Å²) in [7, 11) is 1.86. The lowest BCUT2D eigenvalue weighted by atomic mass is 10.4. The molecule has 0 aromatic carbocycles. The molecule has 0 spiro atoms. The molecule has 0 amide bonds. The average molecular weight is 207 g/mol. The fourth-order valence-electron chi connectivity index (χ4n) is 1.31. The summed E-state index contributed by atoms with van der Waals surface area (Å²) in [5, 5.41) is 15.7. The molecule has 2 rings (SSSR count). The summed E-state index contributed by atoms with van der Waals surface area (Å²) in [6.45, 7) is 1.34. The van der Waals surface area contributed by atoms with Gasteiger partial charge in [-0.1, -0.05) is 0 Å². The number of hydrogen-bond donors (Lipinski definition) is 1. The predicted molar refractivity (Wildman–Crippen MR) is 53.7 cm³/mol. The predicted octanol–water partition coefficient (Wildman–Crippen LogP) is -0.578. The second-order valence-electron chi connectivity index (χ2n) is 3.24. The molecule has 0 fully saturated rings. The van der Waals surface area contributed by atoms with E-state index in [4.69, 9.17) is 5.73 Å². The van der Waals surface area contributed by atoms with E-state index < -0.39 is 0 Å². The molecule has 2 aromatic rings. The Labute approximate surface area is 86.9 Å². The van der Waals surface area contributed by atoms with Gasteiger partial charge in [0.1, 0.15) is 5.69 Å². The van der Waals surface area contributed by atoms with Gasteiger partial charge in [-0.15, -0.1) is 5.10 Å². The molecule has 0 aliphatic carbocycles. The first-order valence-electron chi connectivity index (χ1n) is 4.77. The summed E-state index contributed by atoms with van der Waals surface area (Å²) in [5.74, 6) is 0.684. The van der Waals surface area contributed by atoms with Crippen molar-refractivity contribution in [2.75, 3.05) is 6.54 Å². The molecule has 0 saturated heterocycles. The second-order valence-corrected chi connectivity index (χ2v) is 3.24. The van der Waals surface area contributed by atoms with Gasteiger partial charge in [0.25, 0.3) is 0 Å². The molecule has 0 aliphatic rings. The number of aromatic nitrogens is 6. The molecule has 80 valence electrons. The van der Waals surface area contributed by atoms with Crippen LogP contribution in [0.5, 0.6) is 0 Å². The highest BCUT2D eigenvalue weighted by Gasteiger charge is 2.10. The third-order valence-electron chi connectivity index (χ3n) is 2.05. The van der Waals surface area contributed by atoms with Crippen LogP contribution in [-0.2, 0) is 13.6 Å². The second kappa shape index (κ2) is 4.18. The Bertz CT molecular complexity index is 430. The molecule has 2 aromatic heterocycles. The molecule has 0 saturated carbocycles. The van der Waals surface area contributed by atoms with E-state index in [0.29, 0.717) is 12.4 Å². The first-order valence-corrected chi connectivity index (χ1v) is 4.77. The minimum absolute atomic E-state index is 0.627. The van der Waals surface area contributed by atoms with Gasteiger partial charge in [-0.3, -0.25) is 4.68 Å². The van der Waals surface area contributed by atoms with Gasteiger partial charge in [0.05, 0.1) is 0 Å². The smallest absolute Gasteiger partial charge is 0.202 e. The highest BCUT2D eigenvalue weighted by atomic mass is 15.5. The lowest BCUT2D eigenvalue weighted by Gasteiger charge is -2.00. The molecule has 0 atom stereocenters. The van der Waals surface area contributed by atoms with Gasteiger partial charge in [-0.2, -0.15) is 5.10 Å². The van der Waals surface area contributed by atoms with Gasteiger partial charge < -0.3 is 5.73 Å². The number of rotatable bonds is 4. The van der Waals surface area contributed by atoms with E-state index in [1.165, 1.54) is 0 Å². The summed E-state index contributed by atoms with van der Waals surface area (Å²) >= 11 is 0. The van der Waals surface area contributed by atoms with Gasteiger partial charge in [-0.05, 0) is 29.5 Å². The molecule has 0 aliphatic heterocycles. The SMILES string of the molecule is Cn1ccc(-c2nnnn2CCCN)n1. The van der Waals surface area contributed by atoms with Crippen molar-refractivity contribution in [3.05, 3.63) is 12.3 Å². The number of nitrogens with zero attached hydrogens (tertiary/aromatic N) is 6.